The molecule has 2 N–H and O–H groups in total. The van der Waals surface area contributed by atoms with Crippen molar-refractivity contribution in [3.63, 3.8) is 0 Å². The van der Waals surface area contributed by atoms with Crippen molar-refractivity contribution in [1.29, 1.82) is 0 Å². The highest BCUT2D eigenvalue weighted by molar-refractivity contribution is 6.45. The molecule has 2 aliphatic rings. The van der Waals surface area contributed by atoms with Crippen LogP contribution in [-0.2, 0) is 4.74 Å². The summed E-state index contributed by atoms with van der Waals surface area (Å²) in [7, 11) is 0. The molecule has 1 heterocycles. The SMILES string of the molecule is CC(C)=CCCC(C)=CC[C@@]12OC(C)(C)[C@H](Cl)C[C@]1(Cl)C(=O)c1c(O)cc(O)cc1C2=O. The smallest absolute Gasteiger partial charge is 0.198 e. The van der Waals surface area contributed by atoms with E-state index in [2.05, 4.69) is 6.08 Å². The molecule has 1 aliphatic heterocycles. The van der Waals surface area contributed by atoms with Crippen molar-refractivity contribution >= 4 is 34.8 Å². The van der Waals surface area contributed by atoms with Crippen LogP contribution in [0.5, 0.6) is 11.5 Å². The van der Waals surface area contributed by atoms with E-state index in [1.54, 1.807) is 13.8 Å². The molecule has 3 rings (SSSR count). The van der Waals surface area contributed by atoms with Crippen LogP contribution < -0.4 is 0 Å². The van der Waals surface area contributed by atoms with Gasteiger partial charge in [-0.2, -0.15) is 0 Å². The molecule has 0 bridgehead atoms. The number of aromatic hydroxyl groups is 2. The predicted molar refractivity (Wildman–Crippen MR) is 126 cm³/mol. The molecular weight excluding hydrogens is 451 g/mol. The largest absolute Gasteiger partial charge is 0.508 e. The highest BCUT2D eigenvalue weighted by atomic mass is 35.5. The molecule has 0 spiro atoms. The number of alkyl halides is 2. The fourth-order valence-corrected chi connectivity index (χ4v) is 5.31. The number of rotatable bonds is 5. The van der Waals surface area contributed by atoms with Gasteiger partial charge in [0, 0.05) is 18.1 Å². The van der Waals surface area contributed by atoms with Crippen LogP contribution in [0, 0.1) is 0 Å². The first-order valence-corrected chi connectivity index (χ1v) is 11.5. The Balaban J connectivity index is 2.14. The van der Waals surface area contributed by atoms with Crippen LogP contribution >= 0.6 is 23.2 Å². The lowest BCUT2D eigenvalue weighted by Crippen LogP contribution is -2.72. The predicted octanol–water partition coefficient (Wildman–Crippen LogP) is 6.08. The molecule has 0 radical (unpaired) electrons. The van der Waals surface area contributed by atoms with E-state index in [1.165, 1.54) is 11.6 Å². The fraction of sp³-hybridized carbons (Fsp3) is 0.520. The van der Waals surface area contributed by atoms with E-state index < -0.39 is 38.8 Å². The molecule has 1 aromatic carbocycles. The van der Waals surface area contributed by atoms with Gasteiger partial charge in [0.05, 0.1) is 16.5 Å². The number of hydrogen-bond donors (Lipinski definition) is 2. The quantitative estimate of drug-likeness (QED) is 0.393. The summed E-state index contributed by atoms with van der Waals surface area (Å²) < 4.78 is 6.34. The van der Waals surface area contributed by atoms with E-state index in [9.17, 15) is 19.8 Å². The van der Waals surface area contributed by atoms with E-state index >= 15 is 0 Å². The average Bonchev–Trinajstić information content (AvgIpc) is 2.67. The minimum atomic E-state index is -1.79. The number of fused-ring (bicyclic) bond motifs is 2. The normalized spacial score (nSPS) is 29.3. The minimum Gasteiger partial charge on any atom is -0.508 e. The van der Waals surface area contributed by atoms with Gasteiger partial charge in [-0.05, 0) is 59.9 Å². The third kappa shape index (κ3) is 4.00. The number of benzene rings is 1. The number of ether oxygens (including phenoxy) is 1. The molecule has 174 valence electrons. The summed E-state index contributed by atoms with van der Waals surface area (Å²) in [6.45, 7) is 9.57. The lowest BCUT2D eigenvalue weighted by atomic mass is 9.63. The van der Waals surface area contributed by atoms with Crippen molar-refractivity contribution in [3.05, 3.63) is 46.6 Å². The lowest BCUT2D eigenvalue weighted by molar-refractivity contribution is -0.157. The van der Waals surface area contributed by atoms with Gasteiger partial charge in [-0.25, -0.2) is 0 Å². The Kier molecular flexibility index (Phi) is 6.60. The number of phenols is 2. The molecule has 0 saturated carbocycles. The number of phenolic OH excluding ortho intramolecular Hbond substituents is 2. The number of hydrogen-bond acceptors (Lipinski definition) is 5. The summed E-state index contributed by atoms with van der Waals surface area (Å²) in [5.41, 5.74) is -0.680. The maximum Gasteiger partial charge on any atom is 0.198 e. The van der Waals surface area contributed by atoms with Crippen LogP contribution in [0.1, 0.15) is 81.0 Å². The Hall–Kier alpha value is -1.82. The first kappa shape index (κ1) is 24.8. The van der Waals surface area contributed by atoms with Gasteiger partial charge in [0.15, 0.2) is 17.2 Å². The summed E-state index contributed by atoms with van der Waals surface area (Å²) in [6, 6.07) is 2.21. The van der Waals surface area contributed by atoms with Crippen LogP contribution in [0.15, 0.2) is 35.4 Å². The first-order valence-electron chi connectivity index (χ1n) is 10.7. The molecule has 32 heavy (non-hydrogen) atoms. The van der Waals surface area contributed by atoms with Gasteiger partial charge >= 0.3 is 0 Å². The Bertz CT molecular complexity index is 1020. The average molecular weight is 481 g/mol. The third-order valence-electron chi connectivity index (χ3n) is 6.42. The maximum absolute atomic E-state index is 13.9. The molecule has 0 amide bonds. The van der Waals surface area contributed by atoms with Gasteiger partial charge in [0.1, 0.15) is 16.4 Å². The zero-order valence-corrected chi connectivity index (χ0v) is 20.6. The molecule has 0 unspecified atom stereocenters. The monoisotopic (exact) mass is 480 g/mol. The Morgan fingerprint density at radius 3 is 2.44 bits per heavy atom. The van der Waals surface area contributed by atoms with E-state index in [0.717, 1.165) is 24.5 Å². The molecular formula is C25H30Cl2O5. The molecule has 1 fully saturated rings. The highest BCUT2D eigenvalue weighted by Gasteiger charge is 2.70. The van der Waals surface area contributed by atoms with Crippen LogP contribution in [0.4, 0.5) is 0 Å². The molecule has 3 atom stereocenters. The number of halogens is 2. The summed E-state index contributed by atoms with van der Waals surface area (Å²) in [4.78, 5) is 25.7. The number of ketones is 2. The standard InChI is InChI=1S/C25H30Cl2O5/c1-14(2)7-6-8-15(3)9-10-25-21(30)17-11-16(28)12-18(29)20(17)22(31)24(25,27)13-19(26)23(4,5)32-25/h7,9,11-12,19,28-29H,6,8,10,13H2,1-5H3/t19-,24+,25+/m1/s1. The van der Waals surface area contributed by atoms with E-state index in [4.69, 9.17) is 27.9 Å². The highest BCUT2D eigenvalue weighted by Crippen LogP contribution is 2.56. The van der Waals surface area contributed by atoms with E-state index in [0.29, 0.717) is 0 Å². The second-order valence-electron chi connectivity index (χ2n) is 9.63. The lowest BCUT2D eigenvalue weighted by Gasteiger charge is -2.56. The topological polar surface area (TPSA) is 83.8 Å². The second-order valence-corrected chi connectivity index (χ2v) is 10.8. The maximum atomic E-state index is 13.9. The molecule has 7 heteroatoms. The summed E-state index contributed by atoms with van der Waals surface area (Å²) >= 11 is 13.5. The van der Waals surface area contributed by atoms with Gasteiger partial charge in [0.2, 0.25) is 0 Å². The van der Waals surface area contributed by atoms with Gasteiger partial charge in [-0.1, -0.05) is 23.3 Å². The summed E-state index contributed by atoms with van der Waals surface area (Å²) in [5, 5.41) is 19.7. The van der Waals surface area contributed by atoms with Crippen molar-refractivity contribution in [3.8, 4) is 11.5 Å². The molecule has 1 aromatic rings. The minimum absolute atomic E-state index is 0.00189. The van der Waals surface area contributed by atoms with Crippen LogP contribution in [0.2, 0.25) is 0 Å². The fourth-order valence-electron chi connectivity index (χ4n) is 4.50. The number of allylic oxidation sites excluding steroid dienone is 3. The van der Waals surface area contributed by atoms with Crippen molar-refractivity contribution in [2.45, 2.75) is 81.8 Å². The summed E-state index contributed by atoms with van der Waals surface area (Å²) in [5.74, 6) is -1.98. The zero-order valence-electron chi connectivity index (χ0n) is 19.1. The van der Waals surface area contributed by atoms with Gasteiger partial charge in [-0.15, -0.1) is 23.2 Å². The second kappa shape index (κ2) is 8.51. The Morgan fingerprint density at radius 2 is 1.81 bits per heavy atom. The van der Waals surface area contributed by atoms with E-state index in [1.807, 2.05) is 26.8 Å². The van der Waals surface area contributed by atoms with Gasteiger partial charge in [-0.3, -0.25) is 9.59 Å². The molecule has 5 nitrogen and oxygen atoms in total. The van der Waals surface area contributed by atoms with Crippen LogP contribution in [-0.4, -0.2) is 43.2 Å². The van der Waals surface area contributed by atoms with Crippen molar-refractivity contribution in [1.82, 2.24) is 0 Å². The Morgan fingerprint density at radius 1 is 1.16 bits per heavy atom. The van der Waals surface area contributed by atoms with Crippen molar-refractivity contribution < 1.29 is 24.5 Å². The van der Waals surface area contributed by atoms with Crippen LogP contribution in [0.3, 0.4) is 0 Å². The number of carbonyl (C=O) groups is 2. The van der Waals surface area contributed by atoms with Crippen molar-refractivity contribution in [2.75, 3.05) is 0 Å². The summed E-state index contributed by atoms with van der Waals surface area (Å²) in [6.07, 6.45) is 5.74. The number of carbonyl (C=O) groups excluding carboxylic acids is 2. The molecule has 1 saturated heterocycles. The Labute approximate surface area is 199 Å². The van der Waals surface area contributed by atoms with Gasteiger partial charge in [0.25, 0.3) is 0 Å². The molecule has 0 aromatic heterocycles. The van der Waals surface area contributed by atoms with Crippen LogP contribution in [0.25, 0.3) is 0 Å². The number of Topliss-reactive ketones (excluding diaryl/α,β-unsaturated/α-hetero) is 2. The van der Waals surface area contributed by atoms with Crippen molar-refractivity contribution in [2.24, 2.45) is 0 Å². The van der Waals surface area contributed by atoms with Gasteiger partial charge < -0.3 is 14.9 Å². The first-order chi connectivity index (χ1) is 14.7. The van der Waals surface area contributed by atoms with E-state index in [-0.39, 0.29) is 29.7 Å². The molecule has 1 aliphatic carbocycles. The third-order valence-corrected chi connectivity index (χ3v) is 7.73. The zero-order chi connectivity index (χ0) is 24.1.